The summed E-state index contributed by atoms with van der Waals surface area (Å²) >= 11 is 4.21. The molecule has 0 bridgehead atoms. The van der Waals surface area contributed by atoms with Crippen molar-refractivity contribution in [3.05, 3.63) is 42.0 Å². The van der Waals surface area contributed by atoms with Crippen molar-refractivity contribution in [3.8, 4) is 0 Å². The van der Waals surface area contributed by atoms with Gasteiger partial charge in [-0.25, -0.2) is 0 Å². The summed E-state index contributed by atoms with van der Waals surface area (Å²) in [5, 5.41) is 0. The highest BCUT2D eigenvalue weighted by atomic mass is 32.1. The minimum Gasteiger partial charge on any atom is -0.488 e. The van der Waals surface area contributed by atoms with Gasteiger partial charge >= 0.3 is 0 Å². The van der Waals surface area contributed by atoms with Crippen LogP contribution in [0.3, 0.4) is 0 Å². The predicted molar refractivity (Wildman–Crippen MR) is 69.0 cm³/mol. The highest BCUT2D eigenvalue weighted by molar-refractivity contribution is 7.79. The van der Waals surface area contributed by atoms with Crippen molar-refractivity contribution in [2.24, 2.45) is 0 Å². The summed E-state index contributed by atoms with van der Waals surface area (Å²) in [5.41, 5.74) is 2.03. The first-order valence-corrected chi connectivity index (χ1v) is 5.64. The molecule has 0 heterocycles. The lowest BCUT2D eigenvalue weighted by molar-refractivity contribution is 0.0976. The number of hydrogen-bond acceptors (Lipinski definition) is 2. The lowest BCUT2D eigenvalue weighted by Crippen LogP contribution is -2.17. The van der Waals surface area contributed by atoms with Crippen LogP contribution >= 0.6 is 12.6 Å². The highest BCUT2D eigenvalue weighted by Crippen LogP contribution is 2.21. The molecule has 0 spiro atoms. The average Bonchev–Trinajstić information content (AvgIpc) is 2.15. The zero-order chi connectivity index (χ0) is 11.5. The van der Waals surface area contributed by atoms with Gasteiger partial charge in [-0.1, -0.05) is 30.8 Å². The first kappa shape index (κ1) is 12.2. The summed E-state index contributed by atoms with van der Waals surface area (Å²) in [7, 11) is 0. The van der Waals surface area contributed by atoms with Gasteiger partial charge in [0.15, 0.2) is 0 Å². The molecule has 1 aromatic carbocycles. The van der Waals surface area contributed by atoms with E-state index in [2.05, 4.69) is 19.2 Å². The summed E-state index contributed by atoms with van der Waals surface area (Å²) in [6, 6.07) is 8.11. The van der Waals surface area contributed by atoms with Gasteiger partial charge in [0.1, 0.15) is 11.4 Å². The standard InChI is InChI=1S/C13H18OS/c1-10(14-13(2,3)4)12-7-5-11(9-15)6-8-12/h5-8,15H,1,9H2,2-4H3. The van der Waals surface area contributed by atoms with Gasteiger partial charge in [-0.05, 0) is 26.3 Å². The van der Waals surface area contributed by atoms with E-state index in [1.165, 1.54) is 5.56 Å². The van der Waals surface area contributed by atoms with E-state index >= 15 is 0 Å². The van der Waals surface area contributed by atoms with Crippen LogP contribution in [0.1, 0.15) is 31.9 Å². The monoisotopic (exact) mass is 222 g/mol. The lowest BCUT2D eigenvalue weighted by atomic mass is 10.1. The second-order valence-electron chi connectivity index (χ2n) is 4.49. The molecule has 0 atom stereocenters. The smallest absolute Gasteiger partial charge is 0.120 e. The van der Waals surface area contributed by atoms with Gasteiger partial charge in [-0.15, -0.1) is 0 Å². The van der Waals surface area contributed by atoms with Crippen LogP contribution in [0.2, 0.25) is 0 Å². The van der Waals surface area contributed by atoms with Gasteiger partial charge in [0.25, 0.3) is 0 Å². The number of benzene rings is 1. The molecule has 0 amide bonds. The Morgan fingerprint density at radius 1 is 1.27 bits per heavy atom. The minimum absolute atomic E-state index is 0.195. The third kappa shape index (κ3) is 4.00. The number of rotatable bonds is 3. The second-order valence-corrected chi connectivity index (χ2v) is 4.81. The summed E-state index contributed by atoms with van der Waals surface area (Å²) in [5.74, 6) is 1.47. The fraction of sp³-hybridized carbons (Fsp3) is 0.385. The Labute approximate surface area is 97.6 Å². The maximum atomic E-state index is 5.68. The fourth-order valence-electron chi connectivity index (χ4n) is 1.22. The van der Waals surface area contributed by atoms with Crippen molar-refractivity contribution in [1.82, 2.24) is 0 Å². The summed E-state index contributed by atoms with van der Waals surface area (Å²) in [4.78, 5) is 0. The van der Waals surface area contributed by atoms with E-state index in [4.69, 9.17) is 4.74 Å². The zero-order valence-corrected chi connectivity index (χ0v) is 10.5. The summed E-state index contributed by atoms with van der Waals surface area (Å²) in [6.45, 7) is 9.97. The second kappa shape index (κ2) is 4.75. The number of ether oxygens (including phenoxy) is 1. The fourth-order valence-corrected chi connectivity index (χ4v) is 1.44. The van der Waals surface area contributed by atoms with E-state index in [0.717, 1.165) is 11.3 Å². The molecule has 0 aliphatic heterocycles. The molecule has 15 heavy (non-hydrogen) atoms. The van der Waals surface area contributed by atoms with E-state index in [1.54, 1.807) is 0 Å². The van der Waals surface area contributed by atoms with Crippen molar-refractivity contribution >= 4 is 18.4 Å². The molecule has 0 N–H and O–H groups in total. The molecule has 1 rings (SSSR count). The molecule has 0 radical (unpaired) electrons. The van der Waals surface area contributed by atoms with Crippen molar-refractivity contribution in [2.45, 2.75) is 32.1 Å². The topological polar surface area (TPSA) is 9.23 Å². The predicted octanol–water partition coefficient (Wildman–Crippen LogP) is 3.90. The maximum Gasteiger partial charge on any atom is 0.120 e. The van der Waals surface area contributed by atoms with E-state index in [9.17, 15) is 0 Å². The van der Waals surface area contributed by atoms with Crippen LogP contribution in [0.5, 0.6) is 0 Å². The molecule has 2 heteroatoms. The van der Waals surface area contributed by atoms with Gasteiger partial charge in [0, 0.05) is 11.3 Å². The van der Waals surface area contributed by atoms with Crippen LogP contribution in [0.4, 0.5) is 0 Å². The Bertz CT molecular complexity index is 333. The molecule has 0 fully saturated rings. The lowest BCUT2D eigenvalue weighted by Gasteiger charge is -2.23. The third-order valence-electron chi connectivity index (χ3n) is 1.89. The molecule has 0 aliphatic rings. The Hall–Kier alpha value is -0.890. The quantitative estimate of drug-likeness (QED) is 0.603. The largest absolute Gasteiger partial charge is 0.488 e. The van der Waals surface area contributed by atoms with Gasteiger partial charge in [0.2, 0.25) is 0 Å². The zero-order valence-electron chi connectivity index (χ0n) is 9.58. The van der Waals surface area contributed by atoms with Crippen LogP contribution in [-0.4, -0.2) is 5.60 Å². The molecule has 0 unspecified atom stereocenters. The Balaban J connectivity index is 2.75. The van der Waals surface area contributed by atoms with Crippen LogP contribution in [0.25, 0.3) is 5.76 Å². The number of hydrogen-bond donors (Lipinski definition) is 1. The van der Waals surface area contributed by atoms with E-state index < -0.39 is 0 Å². The molecule has 82 valence electrons. The first-order valence-electron chi connectivity index (χ1n) is 5.00. The minimum atomic E-state index is -0.195. The molecule has 0 aromatic heterocycles. The van der Waals surface area contributed by atoms with Crippen molar-refractivity contribution in [3.63, 3.8) is 0 Å². The highest BCUT2D eigenvalue weighted by Gasteiger charge is 2.13. The average molecular weight is 222 g/mol. The van der Waals surface area contributed by atoms with Gasteiger partial charge in [-0.3, -0.25) is 0 Å². The first-order chi connectivity index (χ1) is 6.92. The number of thiol groups is 1. The summed E-state index contributed by atoms with van der Waals surface area (Å²) < 4.78 is 5.68. The van der Waals surface area contributed by atoms with Crippen LogP contribution in [0.15, 0.2) is 30.8 Å². The maximum absolute atomic E-state index is 5.68. The Morgan fingerprint density at radius 3 is 2.20 bits per heavy atom. The Kier molecular flexibility index (Phi) is 3.86. The van der Waals surface area contributed by atoms with E-state index in [0.29, 0.717) is 5.76 Å². The van der Waals surface area contributed by atoms with Crippen LogP contribution in [0, 0.1) is 0 Å². The molecule has 1 nitrogen and oxygen atoms in total. The molecule has 0 aliphatic carbocycles. The summed E-state index contributed by atoms with van der Waals surface area (Å²) in [6.07, 6.45) is 0. The Morgan fingerprint density at radius 2 is 1.80 bits per heavy atom. The SMILES string of the molecule is C=C(OC(C)(C)C)c1ccc(CS)cc1. The van der Waals surface area contributed by atoms with Gasteiger partial charge in [-0.2, -0.15) is 12.6 Å². The third-order valence-corrected chi connectivity index (χ3v) is 2.25. The normalized spacial score (nSPS) is 11.2. The van der Waals surface area contributed by atoms with Crippen LogP contribution < -0.4 is 0 Å². The van der Waals surface area contributed by atoms with Crippen molar-refractivity contribution < 1.29 is 4.74 Å². The van der Waals surface area contributed by atoms with Crippen molar-refractivity contribution in [1.29, 1.82) is 0 Å². The van der Waals surface area contributed by atoms with Crippen molar-refractivity contribution in [2.75, 3.05) is 0 Å². The molecule has 1 aromatic rings. The van der Waals surface area contributed by atoms with Crippen LogP contribution in [-0.2, 0) is 10.5 Å². The molecule has 0 saturated carbocycles. The molecular weight excluding hydrogens is 204 g/mol. The van der Waals surface area contributed by atoms with E-state index in [1.807, 2.05) is 45.0 Å². The molecule has 0 saturated heterocycles. The van der Waals surface area contributed by atoms with E-state index in [-0.39, 0.29) is 5.60 Å². The molecular formula is C13H18OS. The van der Waals surface area contributed by atoms with Gasteiger partial charge < -0.3 is 4.74 Å². The van der Waals surface area contributed by atoms with Gasteiger partial charge in [0.05, 0.1) is 0 Å².